The van der Waals surface area contributed by atoms with Crippen molar-refractivity contribution in [2.75, 3.05) is 13.2 Å². The van der Waals surface area contributed by atoms with E-state index in [1.165, 1.54) is 0 Å². The summed E-state index contributed by atoms with van der Waals surface area (Å²) in [7, 11) is -4.03. The van der Waals surface area contributed by atoms with Gasteiger partial charge in [0.1, 0.15) is 24.0 Å². The number of aliphatic carboxylic acids is 1. The Morgan fingerprint density at radius 3 is 2.27 bits per heavy atom. The summed E-state index contributed by atoms with van der Waals surface area (Å²) in [6.45, 7) is 9.67. The van der Waals surface area contributed by atoms with Crippen LogP contribution in [0.4, 0.5) is 4.79 Å². The van der Waals surface area contributed by atoms with Crippen molar-refractivity contribution < 1.29 is 32.6 Å². The minimum Gasteiger partial charge on any atom is -0.487 e. The molecule has 0 spiro atoms. The van der Waals surface area contributed by atoms with Crippen LogP contribution in [-0.2, 0) is 26.0 Å². The Labute approximate surface area is 282 Å². The lowest BCUT2D eigenvalue weighted by molar-refractivity contribution is -0.139. The number of ether oxygens (including phenoxy) is 2. The highest BCUT2D eigenvalue weighted by Gasteiger charge is 2.34. The summed E-state index contributed by atoms with van der Waals surface area (Å²) in [5.74, 6) is -0.834. The van der Waals surface area contributed by atoms with Crippen molar-refractivity contribution in [3.8, 4) is 16.9 Å². The van der Waals surface area contributed by atoms with E-state index >= 15 is 0 Å². The van der Waals surface area contributed by atoms with Crippen molar-refractivity contribution in [1.82, 2.24) is 10.0 Å². The molecule has 1 aliphatic carbocycles. The van der Waals surface area contributed by atoms with Gasteiger partial charge in [0, 0.05) is 12.5 Å². The van der Waals surface area contributed by atoms with E-state index in [0.29, 0.717) is 30.4 Å². The maximum Gasteiger partial charge on any atom is 0.407 e. The predicted octanol–water partition coefficient (Wildman–Crippen LogP) is 5.47. The van der Waals surface area contributed by atoms with Crippen LogP contribution in [0.5, 0.6) is 5.75 Å². The summed E-state index contributed by atoms with van der Waals surface area (Å²) in [6.07, 6.45) is 1.61. The van der Waals surface area contributed by atoms with E-state index in [0.717, 1.165) is 45.6 Å². The maximum atomic E-state index is 13.4. The zero-order valence-electron chi connectivity index (χ0n) is 28.1. The number of nitrogens with one attached hydrogen (secondary N) is 2. The number of amides is 1. The summed E-state index contributed by atoms with van der Waals surface area (Å²) in [5.41, 5.74) is 12.8. The van der Waals surface area contributed by atoms with E-state index in [4.69, 9.17) is 15.2 Å². The standard InChI is InChI=1S/C36H44N4O7S/c1-21-22(2)32(23(3)24-17-18-36(4,5)47-31(21)24)48(44,45)40-34(37)38-19-11-10-16-30(33(41)42)39-35(43)46-20-29-27-14-8-6-12-25(27)26-13-7-9-15-28(26)29/h6-9,12-15,29-30H,10-11,16-20H2,1-5H3,(H,39,43)(H,41,42)(H3,37,38,40)/t30-/m1/s1. The number of carbonyl (C=O) groups is 2. The largest absolute Gasteiger partial charge is 0.487 e. The molecule has 1 aliphatic heterocycles. The lowest BCUT2D eigenvalue weighted by Gasteiger charge is -2.35. The third kappa shape index (κ3) is 7.28. The van der Waals surface area contributed by atoms with E-state index in [1.54, 1.807) is 13.8 Å². The molecule has 1 heterocycles. The number of carbonyl (C=O) groups excluding carboxylic acids is 1. The first kappa shape index (κ1) is 34.7. The van der Waals surface area contributed by atoms with Crippen molar-refractivity contribution in [3.05, 3.63) is 81.9 Å². The molecule has 0 bridgehead atoms. The molecule has 5 N–H and O–H groups in total. The monoisotopic (exact) mass is 676 g/mol. The summed E-state index contributed by atoms with van der Waals surface area (Å²) in [4.78, 5) is 28.8. The Balaban J connectivity index is 1.12. The Kier molecular flexibility index (Phi) is 10.0. The number of rotatable bonds is 11. The van der Waals surface area contributed by atoms with E-state index in [2.05, 4.69) is 15.0 Å². The van der Waals surface area contributed by atoms with Gasteiger partial charge in [0.05, 0.1) is 4.90 Å². The molecule has 0 aromatic heterocycles. The molecule has 0 fully saturated rings. The minimum absolute atomic E-state index is 0.0755. The number of carboxylic acid groups (broad SMARTS) is 1. The normalized spacial score (nSPS) is 15.8. The first-order valence-electron chi connectivity index (χ1n) is 16.2. The Morgan fingerprint density at radius 2 is 1.65 bits per heavy atom. The fraction of sp³-hybridized carbons (Fsp3) is 0.417. The number of aliphatic imine (C=N–C) groups is 1. The molecule has 2 aliphatic rings. The highest BCUT2D eigenvalue weighted by atomic mass is 32.2. The second-order valence-electron chi connectivity index (χ2n) is 13.1. The lowest BCUT2D eigenvalue weighted by atomic mass is 9.88. The van der Waals surface area contributed by atoms with Gasteiger partial charge in [-0.2, -0.15) is 0 Å². The number of guanidine groups is 1. The van der Waals surface area contributed by atoms with Gasteiger partial charge >= 0.3 is 12.1 Å². The molecule has 1 atom stereocenters. The highest BCUT2D eigenvalue weighted by molar-refractivity contribution is 7.90. The summed E-state index contributed by atoms with van der Waals surface area (Å²) in [6, 6.07) is 14.8. The topological polar surface area (TPSA) is 169 Å². The molecule has 0 saturated carbocycles. The highest BCUT2D eigenvalue weighted by Crippen LogP contribution is 2.45. The Morgan fingerprint density at radius 1 is 1.02 bits per heavy atom. The number of carboxylic acids is 1. The quantitative estimate of drug-likeness (QED) is 0.118. The first-order valence-corrected chi connectivity index (χ1v) is 17.7. The number of nitrogens with zero attached hydrogens (tertiary/aromatic N) is 1. The maximum absolute atomic E-state index is 13.4. The van der Waals surface area contributed by atoms with Crippen molar-refractivity contribution in [1.29, 1.82) is 0 Å². The fourth-order valence-electron chi connectivity index (χ4n) is 6.67. The molecule has 0 saturated heterocycles. The van der Waals surface area contributed by atoms with E-state index in [-0.39, 0.29) is 41.9 Å². The van der Waals surface area contributed by atoms with Crippen LogP contribution in [-0.4, -0.2) is 56.3 Å². The van der Waals surface area contributed by atoms with Crippen LogP contribution in [0.2, 0.25) is 0 Å². The Hall–Kier alpha value is -4.58. The van der Waals surface area contributed by atoms with E-state index < -0.39 is 28.1 Å². The van der Waals surface area contributed by atoms with Gasteiger partial charge in [-0.1, -0.05) is 48.5 Å². The third-order valence-corrected chi connectivity index (χ3v) is 10.9. The summed E-state index contributed by atoms with van der Waals surface area (Å²) >= 11 is 0. The molecule has 0 radical (unpaired) electrons. The van der Waals surface area contributed by atoms with E-state index in [1.807, 2.05) is 69.3 Å². The number of hydrogen-bond donors (Lipinski definition) is 4. The second-order valence-corrected chi connectivity index (χ2v) is 14.7. The smallest absolute Gasteiger partial charge is 0.407 e. The van der Waals surface area contributed by atoms with Gasteiger partial charge < -0.3 is 25.6 Å². The number of fused-ring (bicyclic) bond motifs is 4. The third-order valence-electron chi connectivity index (χ3n) is 9.29. The van der Waals surface area contributed by atoms with Crippen LogP contribution >= 0.6 is 0 Å². The SMILES string of the molecule is Cc1c(C)c(S(=O)(=O)NC(N)=NCCCC[C@@H](NC(=O)OCC2c3ccccc3-c3ccccc32)C(=O)O)c(C)c2c1OC(C)(C)CC2. The number of nitrogens with two attached hydrogens (primary N) is 1. The first-order chi connectivity index (χ1) is 22.7. The molecule has 3 aromatic rings. The van der Waals surface area contributed by atoms with Gasteiger partial charge in [-0.05, 0) is 111 Å². The number of benzene rings is 3. The average Bonchev–Trinajstić information content (AvgIpc) is 3.34. The lowest BCUT2D eigenvalue weighted by Crippen LogP contribution is -2.41. The minimum atomic E-state index is -4.03. The molecule has 1 amide bonds. The molecule has 256 valence electrons. The molecule has 3 aromatic carbocycles. The van der Waals surface area contributed by atoms with Crippen LogP contribution in [0.3, 0.4) is 0 Å². The van der Waals surface area contributed by atoms with Crippen LogP contribution in [0.1, 0.15) is 78.8 Å². The fourth-order valence-corrected chi connectivity index (χ4v) is 8.20. The number of sulfonamides is 1. The zero-order valence-corrected chi connectivity index (χ0v) is 28.9. The van der Waals surface area contributed by atoms with Gasteiger partial charge in [-0.15, -0.1) is 0 Å². The molecule has 5 rings (SSSR count). The summed E-state index contributed by atoms with van der Waals surface area (Å²) < 4.78 is 41.0. The predicted molar refractivity (Wildman–Crippen MR) is 184 cm³/mol. The van der Waals surface area contributed by atoms with Crippen molar-refractivity contribution >= 4 is 28.0 Å². The van der Waals surface area contributed by atoms with Gasteiger partial charge in [0.2, 0.25) is 5.96 Å². The average molecular weight is 677 g/mol. The molecular weight excluding hydrogens is 632 g/mol. The van der Waals surface area contributed by atoms with Gasteiger partial charge in [-0.25, -0.2) is 22.7 Å². The molecular formula is C36H44N4O7S. The second kappa shape index (κ2) is 13.9. The van der Waals surface area contributed by atoms with Crippen LogP contribution in [0.15, 0.2) is 58.4 Å². The molecule has 0 unspecified atom stereocenters. The van der Waals surface area contributed by atoms with Gasteiger partial charge in [0.25, 0.3) is 10.0 Å². The van der Waals surface area contributed by atoms with Crippen molar-refractivity contribution in [2.24, 2.45) is 10.7 Å². The number of unbranched alkanes of at least 4 members (excludes halogenated alkanes) is 1. The van der Waals surface area contributed by atoms with Gasteiger partial charge in [-0.3, -0.25) is 4.99 Å². The molecule has 48 heavy (non-hydrogen) atoms. The molecule has 11 nitrogen and oxygen atoms in total. The van der Waals surface area contributed by atoms with Crippen molar-refractivity contribution in [2.45, 2.75) is 89.2 Å². The van der Waals surface area contributed by atoms with Crippen LogP contribution in [0, 0.1) is 20.8 Å². The van der Waals surface area contributed by atoms with Gasteiger partial charge in [0.15, 0.2) is 0 Å². The van der Waals surface area contributed by atoms with E-state index in [9.17, 15) is 23.1 Å². The number of alkyl carbamates (subject to hydrolysis) is 1. The summed E-state index contributed by atoms with van der Waals surface area (Å²) in [5, 5.41) is 12.2. The van der Waals surface area contributed by atoms with Crippen molar-refractivity contribution in [3.63, 3.8) is 0 Å². The van der Waals surface area contributed by atoms with Crippen LogP contribution < -0.4 is 20.5 Å². The Bertz CT molecular complexity index is 1820. The zero-order chi connectivity index (χ0) is 34.8. The van der Waals surface area contributed by atoms with Crippen LogP contribution in [0.25, 0.3) is 11.1 Å². The number of hydrogen-bond acceptors (Lipinski definition) is 7. The molecule has 12 heteroatoms.